The highest BCUT2D eigenvalue weighted by Gasteiger charge is 2.38. The molecule has 2 amide bonds. The van der Waals surface area contributed by atoms with Gasteiger partial charge in [-0.15, -0.1) is 10.2 Å². The zero-order valence-electron chi connectivity index (χ0n) is 11.9. The molecule has 7 nitrogen and oxygen atoms in total. The van der Waals surface area contributed by atoms with Crippen molar-refractivity contribution in [1.29, 1.82) is 0 Å². The average molecular weight is 330 g/mol. The molecule has 1 aliphatic carbocycles. The van der Waals surface area contributed by atoms with E-state index < -0.39 is 15.1 Å². The minimum absolute atomic E-state index is 0.00930. The van der Waals surface area contributed by atoms with Crippen LogP contribution in [0.2, 0.25) is 0 Å². The molecule has 1 saturated carbocycles. The van der Waals surface area contributed by atoms with E-state index in [1.807, 2.05) is 0 Å². The van der Waals surface area contributed by atoms with Crippen LogP contribution in [0.15, 0.2) is 0 Å². The van der Waals surface area contributed by atoms with Gasteiger partial charge in [0.25, 0.3) is 0 Å². The van der Waals surface area contributed by atoms with Crippen LogP contribution < -0.4 is 5.32 Å². The fourth-order valence-corrected chi connectivity index (χ4v) is 4.87. The Morgan fingerprint density at radius 2 is 2.05 bits per heavy atom. The van der Waals surface area contributed by atoms with Crippen LogP contribution in [0.1, 0.15) is 37.6 Å². The Morgan fingerprint density at radius 1 is 1.33 bits per heavy atom. The Balaban J connectivity index is 1.67. The van der Waals surface area contributed by atoms with E-state index in [2.05, 4.69) is 15.5 Å². The SMILES string of the molecule is C[C@@H]1[C@@H](C)S(=O)(=O)CCN1C(=O)Nc1nnc(C2CC2)s1. The van der Waals surface area contributed by atoms with Crippen LogP contribution in [0.25, 0.3) is 0 Å². The summed E-state index contributed by atoms with van der Waals surface area (Å²) in [7, 11) is -3.10. The molecule has 1 aliphatic heterocycles. The molecule has 1 saturated heterocycles. The van der Waals surface area contributed by atoms with Crippen LogP contribution in [0.3, 0.4) is 0 Å². The highest BCUT2D eigenvalue weighted by molar-refractivity contribution is 7.92. The highest BCUT2D eigenvalue weighted by Crippen LogP contribution is 2.42. The Bertz CT molecular complexity index is 653. The summed E-state index contributed by atoms with van der Waals surface area (Å²) in [5.74, 6) is 0.516. The molecule has 0 radical (unpaired) electrons. The predicted octanol–water partition coefficient (Wildman–Crippen LogP) is 1.45. The maximum atomic E-state index is 12.3. The van der Waals surface area contributed by atoms with Crippen LogP contribution in [0.5, 0.6) is 0 Å². The lowest BCUT2D eigenvalue weighted by molar-refractivity contribution is 0.191. The first-order valence-electron chi connectivity index (χ1n) is 7.01. The van der Waals surface area contributed by atoms with Gasteiger partial charge < -0.3 is 4.90 Å². The molecule has 2 fully saturated rings. The monoisotopic (exact) mass is 330 g/mol. The molecule has 0 bridgehead atoms. The van der Waals surface area contributed by atoms with E-state index in [0.29, 0.717) is 11.0 Å². The molecule has 0 unspecified atom stereocenters. The molecule has 1 N–H and O–H groups in total. The second-order valence-corrected chi connectivity index (χ2v) is 9.14. The first kappa shape index (κ1) is 14.7. The summed E-state index contributed by atoms with van der Waals surface area (Å²) >= 11 is 1.40. The van der Waals surface area contributed by atoms with Gasteiger partial charge in [0, 0.05) is 18.5 Å². The topological polar surface area (TPSA) is 92.3 Å². The fourth-order valence-electron chi connectivity index (χ4n) is 2.40. The number of anilines is 1. The van der Waals surface area contributed by atoms with Crippen molar-refractivity contribution in [3.05, 3.63) is 5.01 Å². The summed E-state index contributed by atoms with van der Waals surface area (Å²) in [6, 6.07) is -0.651. The lowest BCUT2D eigenvalue weighted by Gasteiger charge is -2.37. The van der Waals surface area contributed by atoms with Crippen LogP contribution >= 0.6 is 11.3 Å². The van der Waals surface area contributed by atoms with Crippen molar-refractivity contribution in [3.63, 3.8) is 0 Å². The molecular weight excluding hydrogens is 312 g/mol. The Hall–Kier alpha value is -1.22. The summed E-state index contributed by atoms with van der Waals surface area (Å²) in [5.41, 5.74) is 0. The van der Waals surface area contributed by atoms with Crippen molar-refractivity contribution in [3.8, 4) is 0 Å². The minimum atomic E-state index is -3.10. The lowest BCUT2D eigenvalue weighted by Crippen LogP contribution is -2.55. The molecule has 1 aromatic rings. The van der Waals surface area contributed by atoms with Crippen molar-refractivity contribution in [2.24, 2.45) is 0 Å². The zero-order chi connectivity index (χ0) is 15.2. The third-order valence-electron chi connectivity index (χ3n) is 4.20. The largest absolute Gasteiger partial charge is 0.324 e. The number of hydrogen-bond donors (Lipinski definition) is 1. The van der Waals surface area contributed by atoms with Crippen LogP contribution in [0.4, 0.5) is 9.93 Å². The third kappa shape index (κ3) is 2.89. The molecule has 21 heavy (non-hydrogen) atoms. The van der Waals surface area contributed by atoms with Crippen LogP contribution in [-0.4, -0.2) is 53.1 Å². The van der Waals surface area contributed by atoms with Gasteiger partial charge in [-0.05, 0) is 26.7 Å². The van der Waals surface area contributed by atoms with Crippen molar-refractivity contribution < 1.29 is 13.2 Å². The smallest absolute Gasteiger partial charge is 0.319 e. The summed E-state index contributed by atoms with van der Waals surface area (Å²) in [6.45, 7) is 3.63. The van der Waals surface area contributed by atoms with E-state index in [1.165, 1.54) is 11.3 Å². The summed E-state index contributed by atoms with van der Waals surface area (Å²) in [4.78, 5) is 13.8. The number of carbonyl (C=O) groups is 1. The summed E-state index contributed by atoms with van der Waals surface area (Å²) in [6.07, 6.45) is 2.28. The number of rotatable bonds is 2. The van der Waals surface area contributed by atoms with Crippen LogP contribution in [-0.2, 0) is 9.84 Å². The first-order valence-corrected chi connectivity index (χ1v) is 9.54. The molecule has 0 spiro atoms. The Labute approximate surface area is 127 Å². The standard InChI is InChI=1S/C12H18N4O3S2/c1-7-8(2)21(18,19)6-5-16(7)12(17)13-11-15-14-10(20-11)9-3-4-9/h7-9H,3-6H2,1-2H3,(H,13,15,17)/t7-,8-/m1/s1. The minimum Gasteiger partial charge on any atom is -0.319 e. The molecular formula is C12H18N4O3S2. The number of amides is 2. The van der Waals surface area contributed by atoms with E-state index in [-0.39, 0.29) is 24.4 Å². The quantitative estimate of drug-likeness (QED) is 0.886. The van der Waals surface area contributed by atoms with Crippen molar-refractivity contribution in [1.82, 2.24) is 15.1 Å². The van der Waals surface area contributed by atoms with Gasteiger partial charge in [0.15, 0.2) is 9.84 Å². The number of nitrogens with one attached hydrogen (secondary N) is 1. The van der Waals surface area contributed by atoms with Gasteiger partial charge in [-0.25, -0.2) is 13.2 Å². The van der Waals surface area contributed by atoms with E-state index in [1.54, 1.807) is 18.7 Å². The second-order valence-electron chi connectivity index (χ2n) is 5.66. The molecule has 0 aromatic carbocycles. The van der Waals surface area contributed by atoms with E-state index >= 15 is 0 Å². The van der Waals surface area contributed by atoms with E-state index in [4.69, 9.17) is 0 Å². The van der Waals surface area contributed by atoms with Gasteiger partial charge in [0.05, 0.1) is 11.0 Å². The maximum absolute atomic E-state index is 12.3. The molecule has 2 heterocycles. The molecule has 3 rings (SSSR count). The number of carbonyl (C=O) groups excluding carboxylic acids is 1. The van der Waals surface area contributed by atoms with Gasteiger partial charge in [-0.3, -0.25) is 5.32 Å². The summed E-state index contributed by atoms with van der Waals surface area (Å²) < 4.78 is 23.7. The van der Waals surface area contributed by atoms with Gasteiger partial charge in [-0.1, -0.05) is 11.3 Å². The molecule has 9 heteroatoms. The van der Waals surface area contributed by atoms with E-state index in [0.717, 1.165) is 17.8 Å². The van der Waals surface area contributed by atoms with Crippen molar-refractivity contribution in [2.75, 3.05) is 17.6 Å². The fraction of sp³-hybridized carbons (Fsp3) is 0.750. The highest BCUT2D eigenvalue weighted by atomic mass is 32.2. The average Bonchev–Trinajstić information content (AvgIpc) is 3.17. The number of hydrogen-bond acceptors (Lipinski definition) is 6. The molecule has 2 aliphatic rings. The number of nitrogens with zero attached hydrogens (tertiary/aromatic N) is 3. The van der Waals surface area contributed by atoms with Gasteiger partial charge in [0.2, 0.25) is 5.13 Å². The van der Waals surface area contributed by atoms with Gasteiger partial charge in [-0.2, -0.15) is 0 Å². The molecule has 1 aromatic heterocycles. The third-order valence-corrected chi connectivity index (χ3v) is 7.48. The zero-order valence-corrected chi connectivity index (χ0v) is 13.6. The predicted molar refractivity (Wildman–Crippen MR) is 80.3 cm³/mol. The number of urea groups is 1. The van der Waals surface area contributed by atoms with E-state index in [9.17, 15) is 13.2 Å². The van der Waals surface area contributed by atoms with Crippen molar-refractivity contribution >= 4 is 32.3 Å². The molecule has 116 valence electrons. The Morgan fingerprint density at radius 3 is 2.71 bits per heavy atom. The second kappa shape index (κ2) is 5.20. The number of aromatic nitrogens is 2. The summed E-state index contributed by atoms with van der Waals surface area (Å²) in [5, 5.41) is 11.7. The number of sulfone groups is 1. The lowest BCUT2D eigenvalue weighted by atomic mass is 10.2. The first-order chi connectivity index (χ1) is 9.88. The van der Waals surface area contributed by atoms with Crippen molar-refractivity contribution in [2.45, 2.75) is 43.9 Å². The maximum Gasteiger partial charge on any atom is 0.324 e. The van der Waals surface area contributed by atoms with Gasteiger partial charge in [0.1, 0.15) is 5.01 Å². The van der Waals surface area contributed by atoms with Gasteiger partial charge >= 0.3 is 6.03 Å². The Kier molecular flexibility index (Phi) is 3.64. The van der Waals surface area contributed by atoms with Crippen LogP contribution in [0, 0.1) is 0 Å². The molecule has 2 atom stereocenters. The normalized spacial score (nSPS) is 28.4.